The number of amides is 2. The molecule has 0 radical (unpaired) electrons. The van der Waals surface area contributed by atoms with E-state index in [1.165, 1.54) is 5.69 Å². The number of nitrogens with two attached hydrogens (primary N) is 1. The van der Waals surface area contributed by atoms with Gasteiger partial charge in [-0.3, -0.25) is 9.59 Å². The number of nitrogens with zero attached hydrogens (tertiary/aromatic N) is 3. The maximum Gasteiger partial charge on any atom is 0.250 e. The predicted molar refractivity (Wildman–Crippen MR) is 139 cm³/mol. The Labute approximate surface area is 204 Å². The van der Waals surface area contributed by atoms with E-state index in [-0.39, 0.29) is 5.91 Å². The van der Waals surface area contributed by atoms with Gasteiger partial charge < -0.3 is 20.1 Å². The third-order valence-electron chi connectivity index (χ3n) is 7.50. The quantitative estimate of drug-likeness (QED) is 0.473. The molecule has 1 saturated heterocycles. The Bertz CT molecular complexity index is 1460. The Morgan fingerprint density at radius 1 is 0.971 bits per heavy atom. The van der Waals surface area contributed by atoms with E-state index in [0.29, 0.717) is 18.0 Å². The summed E-state index contributed by atoms with van der Waals surface area (Å²) in [4.78, 5) is 29.9. The zero-order valence-corrected chi connectivity index (χ0v) is 19.9. The van der Waals surface area contributed by atoms with Crippen molar-refractivity contribution in [3.8, 4) is 5.69 Å². The number of aromatic nitrogens is 1. The Hall–Kier alpha value is -4.06. The van der Waals surface area contributed by atoms with E-state index in [0.717, 1.165) is 40.9 Å². The highest BCUT2D eigenvalue weighted by atomic mass is 16.2. The molecule has 2 aliphatic rings. The van der Waals surface area contributed by atoms with E-state index in [1.807, 2.05) is 59.7 Å². The molecule has 0 atom stereocenters. The van der Waals surface area contributed by atoms with E-state index < -0.39 is 11.3 Å². The SMILES string of the molecule is CC1(C)C(=O)N(CC2CN(c3ccccc3)C2)c2cc(-n3cc(C(N)=O)c4ccccc43)ccc21. The van der Waals surface area contributed by atoms with Crippen molar-refractivity contribution in [1.82, 2.24) is 4.57 Å². The lowest BCUT2D eigenvalue weighted by molar-refractivity contribution is -0.122. The molecule has 0 bridgehead atoms. The molecule has 3 aromatic carbocycles. The number of rotatable bonds is 5. The van der Waals surface area contributed by atoms with Gasteiger partial charge in [0, 0.05) is 54.2 Å². The number of carbonyl (C=O) groups is 2. The molecule has 0 spiro atoms. The number of carbonyl (C=O) groups excluding carboxylic acids is 2. The first kappa shape index (κ1) is 21.5. The smallest absolute Gasteiger partial charge is 0.250 e. The molecule has 3 heterocycles. The second-order valence-electron chi connectivity index (χ2n) is 10.1. The van der Waals surface area contributed by atoms with Crippen LogP contribution in [0, 0.1) is 5.92 Å². The molecule has 1 aromatic heterocycles. The second-order valence-corrected chi connectivity index (χ2v) is 10.1. The van der Waals surface area contributed by atoms with Crippen LogP contribution >= 0.6 is 0 Å². The molecular weight excluding hydrogens is 436 g/mol. The topological polar surface area (TPSA) is 71.6 Å². The zero-order chi connectivity index (χ0) is 24.3. The molecule has 35 heavy (non-hydrogen) atoms. The van der Waals surface area contributed by atoms with Crippen LogP contribution in [0.1, 0.15) is 29.8 Å². The summed E-state index contributed by atoms with van der Waals surface area (Å²) in [5.41, 5.74) is 10.6. The molecule has 6 nitrogen and oxygen atoms in total. The lowest BCUT2D eigenvalue weighted by Gasteiger charge is -2.42. The van der Waals surface area contributed by atoms with Crippen molar-refractivity contribution in [3.05, 3.63) is 90.1 Å². The first-order valence-corrected chi connectivity index (χ1v) is 12.0. The van der Waals surface area contributed by atoms with Crippen LogP contribution in [0.3, 0.4) is 0 Å². The minimum atomic E-state index is -0.576. The van der Waals surface area contributed by atoms with Crippen molar-refractivity contribution in [2.75, 3.05) is 29.4 Å². The maximum absolute atomic E-state index is 13.5. The first-order valence-electron chi connectivity index (χ1n) is 12.0. The molecule has 2 N–H and O–H groups in total. The van der Waals surface area contributed by atoms with Crippen LogP contribution < -0.4 is 15.5 Å². The van der Waals surface area contributed by atoms with Gasteiger partial charge >= 0.3 is 0 Å². The summed E-state index contributed by atoms with van der Waals surface area (Å²) in [5.74, 6) is 0.100. The average Bonchev–Trinajstić information content (AvgIpc) is 3.31. The number of fused-ring (bicyclic) bond motifs is 2. The molecule has 6 heteroatoms. The van der Waals surface area contributed by atoms with Gasteiger partial charge in [-0.05, 0) is 49.7 Å². The van der Waals surface area contributed by atoms with Crippen molar-refractivity contribution in [1.29, 1.82) is 0 Å². The van der Waals surface area contributed by atoms with Crippen LogP contribution in [0.25, 0.3) is 16.6 Å². The lowest BCUT2D eigenvalue weighted by atomic mass is 9.86. The number of hydrogen-bond donors (Lipinski definition) is 1. The van der Waals surface area contributed by atoms with E-state index >= 15 is 0 Å². The highest BCUT2D eigenvalue weighted by Gasteiger charge is 2.45. The van der Waals surface area contributed by atoms with Gasteiger partial charge in [0.05, 0.1) is 16.5 Å². The standard InChI is InChI=1S/C29H28N4O2/c1-29(2)24-13-12-21(32-18-23(27(30)34)22-10-6-7-11-25(22)32)14-26(24)33(28(29)35)17-19-15-31(16-19)20-8-4-3-5-9-20/h3-14,18-19H,15-17H2,1-2H3,(H2,30,34). The molecule has 0 unspecified atom stereocenters. The Morgan fingerprint density at radius 2 is 1.69 bits per heavy atom. The molecule has 0 saturated carbocycles. The summed E-state index contributed by atoms with van der Waals surface area (Å²) in [5, 5.41) is 0.823. The number of primary amides is 1. The van der Waals surface area contributed by atoms with E-state index in [4.69, 9.17) is 5.73 Å². The third-order valence-corrected chi connectivity index (χ3v) is 7.50. The molecule has 4 aromatic rings. The molecular formula is C29H28N4O2. The van der Waals surface area contributed by atoms with Gasteiger partial charge in [0.2, 0.25) is 5.91 Å². The van der Waals surface area contributed by atoms with E-state index in [1.54, 1.807) is 6.20 Å². The van der Waals surface area contributed by atoms with Crippen LogP contribution in [-0.4, -0.2) is 36.0 Å². The van der Waals surface area contributed by atoms with E-state index in [9.17, 15) is 9.59 Å². The van der Waals surface area contributed by atoms with Gasteiger partial charge in [0.15, 0.2) is 0 Å². The average molecular weight is 465 g/mol. The fraction of sp³-hybridized carbons (Fsp3) is 0.241. The number of hydrogen-bond acceptors (Lipinski definition) is 3. The lowest BCUT2D eigenvalue weighted by Crippen LogP contribution is -2.53. The van der Waals surface area contributed by atoms with Gasteiger partial charge in [-0.2, -0.15) is 0 Å². The number of anilines is 2. The Morgan fingerprint density at radius 3 is 2.43 bits per heavy atom. The largest absolute Gasteiger partial charge is 0.371 e. The van der Waals surface area contributed by atoms with Crippen LogP contribution in [0.2, 0.25) is 0 Å². The minimum absolute atomic E-state index is 0.137. The summed E-state index contributed by atoms with van der Waals surface area (Å²) in [6.45, 7) is 6.57. The summed E-state index contributed by atoms with van der Waals surface area (Å²) >= 11 is 0. The molecule has 176 valence electrons. The zero-order valence-electron chi connectivity index (χ0n) is 19.9. The Kier molecular flexibility index (Phi) is 4.74. The fourth-order valence-corrected chi connectivity index (χ4v) is 5.55. The van der Waals surface area contributed by atoms with Crippen LogP contribution in [-0.2, 0) is 10.2 Å². The molecule has 2 amide bonds. The summed E-state index contributed by atoms with van der Waals surface area (Å²) in [6.07, 6.45) is 1.80. The van der Waals surface area contributed by atoms with Gasteiger partial charge in [-0.25, -0.2) is 0 Å². The molecule has 1 fully saturated rings. The van der Waals surface area contributed by atoms with Crippen LogP contribution in [0.4, 0.5) is 11.4 Å². The van der Waals surface area contributed by atoms with Gasteiger partial charge in [-0.15, -0.1) is 0 Å². The van der Waals surface area contributed by atoms with Gasteiger partial charge in [-0.1, -0.05) is 42.5 Å². The molecule has 2 aliphatic heterocycles. The maximum atomic E-state index is 13.5. The first-order chi connectivity index (χ1) is 16.8. The van der Waals surface area contributed by atoms with Crippen molar-refractivity contribution in [2.24, 2.45) is 11.7 Å². The van der Waals surface area contributed by atoms with Crippen LogP contribution in [0.15, 0.2) is 79.0 Å². The summed E-state index contributed by atoms with van der Waals surface area (Å²) < 4.78 is 1.99. The summed E-state index contributed by atoms with van der Waals surface area (Å²) in [7, 11) is 0. The number of para-hydroxylation sites is 2. The van der Waals surface area contributed by atoms with Crippen molar-refractivity contribution in [3.63, 3.8) is 0 Å². The normalized spacial score (nSPS) is 17.0. The molecule has 6 rings (SSSR count). The molecule has 0 aliphatic carbocycles. The van der Waals surface area contributed by atoms with Crippen LogP contribution in [0.5, 0.6) is 0 Å². The van der Waals surface area contributed by atoms with Gasteiger partial charge in [0.25, 0.3) is 5.91 Å². The van der Waals surface area contributed by atoms with Crippen molar-refractivity contribution < 1.29 is 9.59 Å². The monoisotopic (exact) mass is 464 g/mol. The van der Waals surface area contributed by atoms with Crippen molar-refractivity contribution in [2.45, 2.75) is 19.3 Å². The number of benzene rings is 3. The second kappa shape index (κ2) is 7.73. The van der Waals surface area contributed by atoms with E-state index in [2.05, 4.69) is 41.3 Å². The fourth-order valence-electron chi connectivity index (χ4n) is 5.55. The van der Waals surface area contributed by atoms with Crippen molar-refractivity contribution >= 4 is 34.1 Å². The summed E-state index contributed by atoms with van der Waals surface area (Å²) in [6, 6.07) is 24.3. The predicted octanol–water partition coefficient (Wildman–Crippen LogP) is 4.49. The third kappa shape index (κ3) is 3.32. The Balaban J connectivity index is 1.34. The highest BCUT2D eigenvalue weighted by molar-refractivity contribution is 6.09. The van der Waals surface area contributed by atoms with Gasteiger partial charge in [0.1, 0.15) is 0 Å². The minimum Gasteiger partial charge on any atom is -0.371 e. The highest BCUT2D eigenvalue weighted by Crippen LogP contribution is 2.44.